The molecule has 0 bridgehead atoms. The van der Waals surface area contributed by atoms with Crippen molar-refractivity contribution < 1.29 is 8.42 Å². The van der Waals surface area contributed by atoms with Crippen LogP contribution in [-0.4, -0.2) is 27.6 Å². The molecular weight excluding hydrogens is 420 g/mol. The molecular formula is C20H18N6O4S. The third-order valence-electron chi connectivity index (χ3n) is 4.33. The lowest BCUT2D eigenvalue weighted by Crippen LogP contribution is -2.32. The van der Waals surface area contributed by atoms with Gasteiger partial charge in [-0.3, -0.25) is 9.78 Å². The lowest BCUT2D eigenvalue weighted by Gasteiger charge is -2.11. The normalized spacial score (nSPS) is 11.3. The molecule has 158 valence electrons. The molecule has 2 aromatic carbocycles. The van der Waals surface area contributed by atoms with Crippen LogP contribution in [0.2, 0.25) is 0 Å². The summed E-state index contributed by atoms with van der Waals surface area (Å²) >= 11 is 0. The number of hydrogen-bond donors (Lipinski definition) is 4. The van der Waals surface area contributed by atoms with Crippen LogP contribution in [0.5, 0.6) is 0 Å². The lowest BCUT2D eigenvalue weighted by molar-refractivity contribution is 0.577. The van der Waals surface area contributed by atoms with E-state index in [1.807, 2.05) is 29.2 Å². The van der Waals surface area contributed by atoms with Gasteiger partial charge in [-0.2, -0.15) is 8.42 Å². The van der Waals surface area contributed by atoms with E-state index >= 15 is 0 Å². The number of aromatic amines is 2. The van der Waals surface area contributed by atoms with E-state index in [1.165, 1.54) is 13.0 Å². The van der Waals surface area contributed by atoms with Gasteiger partial charge in [-0.25, -0.2) is 4.79 Å². The smallest absolute Gasteiger partial charge is 0.325 e. The Kier molecular flexibility index (Phi) is 5.17. The number of benzene rings is 2. The largest absolute Gasteiger partial charge is 0.339 e. The second-order valence-electron chi connectivity index (χ2n) is 6.61. The zero-order chi connectivity index (χ0) is 22.0. The molecule has 0 atom stereocenters. The standard InChI is InChI=1S/C20H18N6O4S/c1-13-18(19(27)24-20(28)21-13)31(29,30)26-17(23-15-10-6-3-7-11-15)12-16(25-26)22-14-8-4-2-5-9-14/h2-12,23H,1H3,(H,22,25)(H2,21,24,27,28). The Bertz CT molecular complexity index is 1440. The number of para-hydroxylation sites is 2. The number of rotatable bonds is 6. The summed E-state index contributed by atoms with van der Waals surface area (Å²) in [6.45, 7) is 1.33. The van der Waals surface area contributed by atoms with Crippen molar-refractivity contribution in [1.82, 2.24) is 19.2 Å². The first-order valence-electron chi connectivity index (χ1n) is 9.17. The Labute approximate surface area is 176 Å². The van der Waals surface area contributed by atoms with E-state index in [4.69, 9.17) is 0 Å². The summed E-state index contributed by atoms with van der Waals surface area (Å²) in [7, 11) is -4.45. The molecule has 0 spiro atoms. The van der Waals surface area contributed by atoms with Crippen LogP contribution in [0, 0.1) is 6.92 Å². The summed E-state index contributed by atoms with van der Waals surface area (Å²) < 4.78 is 27.4. The zero-order valence-electron chi connectivity index (χ0n) is 16.3. The Morgan fingerprint density at radius 2 is 1.45 bits per heavy atom. The van der Waals surface area contributed by atoms with Gasteiger partial charge in [-0.1, -0.05) is 36.4 Å². The first-order valence-corrected chi connectivity index (χ1v) is 10.6. The molecule has 2 heterocycles. The highest BCUT2D eigenvalue weighted by atomic mass is 32.2. The van der Waals surface area contributed by atoms with E-state index in [0.717, 1.165) is 4.09 Å². The third kappa shape index (κ3) is 4.12. The molecule has 4 N–H and O–H groups in total. The molecule has 10 nitrogen and oxygen atoms in total. The van der Waals surface area contributed by atoms with Gasteiger partial charge < -0.3 is 15.6 Å². The Balaban J connectivity index is 1.85. The number of nitrogens with zero attached hydrogens (tertiary/aromatic N) is 2. The molecule has 0 aliphatic carbocycles. The number of nitrogens with one attached hydrogen (secondary N) is 4. The maximum absolute atomic E-state index is 13.4. The first-order chi connectivity index (χ1) is 14.8. The summed E-state index contributed by atoms with van der Waals surface area (Å²) in [4.78, 5) is 27.5. The molecule has 4 aromatic rings. The minimum atomic E-state index is -4.45. The number of aryl methyl sites for hydroxylation is 1. The monoisotopic (exact) mass is 438 g/mol. The third-order valence-corrected chi connectivity index (χ3v) is 6.07. The summed E-state index contributed by atoms with van der Waals surface area (Å²) in [5.74, 6) is 0.348. The second kappa shape index (κ2) is 7.95. The Morgan fingerprint density at radius 1 is 0.871 bits per heavy atom. The van der Waals surface area contributed by atoms with Crippen LogP contribution < -0.4 is 21.9 Å². The molecule has 31 heavy (non-hydrogen) atoms. The van der Waals surface area contributed by atoms with Gasteiger partial charge in [0.05, 0.1) is 0 Å². The molecule has 0 aliphatic rings. The maximum Gasteiger partial charge on any atom is 0.325 e. The number of hydrogen-bond acceptors (Lipinski definition) is 7. The first kappa shape index (κ1) is 20.2. The van der Waals surface area contributed by atoms with Gasteiger partial charge >= 0.3 is 5.69 Å². The van der Waals surface area contributed by atoms with Gasteiger partial charge in [-0.05, 0) is 31.2 Å². The van der Waals surface area contributed by atoms with Crippen LogP contribution >= 0.6 is 0 Å². The highest BCUT2D eigenvalue weighted by molar-refractivity contribution is 7.90. The van der Waals surface area contributed by atoms with E-state index < -0.39 is 26.2 Å². The van der Waals surface area contributed by atoms with Gasteiger partial charge in [-0.15, -0.1) is 9.19 Å². The fraction of sp³-hybridized carbons (Fsp3) is 0.0500. The summed E-state index contributed by atoms with van der Waals surface area (Å²) in [5.41, 5.74) is -0.588. The minimum absolute atomic E-state index is 0.0903. The van der Waals surface area contributed by atoms with Gasteiger partial charge in [0.25, 0.3) is 15.6 Å². The molecule has 2 aromatic heterocycles. The van der Waals surface area contributed by atoms with Crippen molar-refractivity contribution in [3.8, 4) is 0 Å². The summed E-state index contributed by atoms with van der Waals surface area (Å²) in [6.07, 6.45) is 0. The Hall–Kier alpha value is -4.12. The van der Waals surface area contributed by atoms with Crippen molar-refractivity contribution in [3.63, 3.8) is 0 Å². The van der Waals surface area contributed by atoms with Crippen molar-refractivity contribution in [2.75, 3.05) is 10.6 Å². The van der Waals surface area contributed by atoms with Crippen LogP contribution in [0.4, 0.5) is 23.0 Å². The molecule has 0 radical (unpaired) electrons. The molecule has 0 saturated heterocycles. The molecule has 0 unspecified atom stereocenters. The van der Waals surface area contributed by atoms with Crippen LogP contribution in [0.1, 0.15) is 5.69 Å². The van der Waals surface area contributed by atoms with Crippen molar-refractivity contribution in [1.29, 1.82) is 0 Å². The summed E-state index contributed by atoms with van der Waals surface area (Å²) in [6, 6.07) is 19.5. The quantitative estimate of drug-likeness (QED) is 0.362. The van der Waals surface area contributed by atoms with Crippen LogP contribution in [-0.2, 0) is 10.0 Å². The number of aromatic nitrogens is 4. The van der Waals surface area contributed by atoms with Gasteiger partial charge in [0.2, 0.25) is 0 Å². The van der Waals surface area contributed by atoms with Crippen molar-refractivity contribution in [2.24, 2.45) is 0 Å². The molecule has 0 amide bonds. The van der Waals surface area contributed by atoms with Crippen molar-refractivity contribution in [2.45, 2.75) is 11.8 Å². The lowest BCUT2D eigenvalue weighted by atomic mass is 10.3. The molecule has 0 fully saturated rings. The highest BCUT2D eigenvalue weighted by Gasteiger charge is 2.28. The number of anilines is 4. The van der Waals surface area contributed by atoms with Crippen molar-refractivity contribution >= 4 is 33.0 Å². The second-order valence-corrected chi connectivity index (χ2v) is 8.31. The zero-order valence-corrected chi connectivity index (χ0v) is 17.1. The maximum atomic E-state index is 13.4. The van der Waals surface area contributed by atoms with Crippen LogP contribution in [0.15, 0.2) is 81.2 Å². The Morgan fingerprint density at radius 3 is 2.03 bits per heavy atom. The van der Waals surface area contributed by atoms with Crippen LogP contribution in [0.3, 0.4) is 0 Å². The van der Waals surface area contributed by atoms with E-state index in [-0.39, 0.29) is 17.3 Å². The van der Waals surface area contributed by atoms with Crippen LogP contribution in [0.25, 0.3) is 0 Å². The fourth-order valence-electron chi connectivity index (χ4n) is 3.02. The topological polar surface area (TPSA) is 142 Å². The summed E-state index contributed by atoms with van der Waals surface area (Å²) in [5, 5.41) is 10.2. The molecule has 11 heteroatoms. The van der Waals surface area contributed by atoms with Gasteiger partial charge in [0.15, 0.2) is 10.7 Å². The molecule has 0 aliphatic heterocycles. The van der Waals surface area contributed by atoms with E-state index in [9.17, 15) is 18.0 Å². The average molecular weight is 438 g/mol. The van der Waals surface area contributed by atoms with Gasteiger partial charge in [0, 0.05) is 23.1 Å². The van der Waals surface area contributed by atoms with E-state index in [2.05, 4.69) is 20.7 Å². The van der Waals surface area contributed by atoms with Crippen molar-refractivity contribution in [3.05, 3.63) is 93.3 Å². The average Bonchev–Trinajstić information content (AvgIpc) is 3.11. The highest BCUT2D eigenvalue weighted by Crippen LogP contribution is 2.26. The number of H-pyrrole nitrogens is 2. The van der Waals surface area contributed by atoms with E-state index in [1.54, 1.807) is 36.4 Å². The van der Waals surface area contributed by atoms with E-state index in [0.29, 0.717) is 11.4 Å². The minimum Gasteiger partial charge on any atom is -0.339 e. The SMILES string of the molecule is Cc1[nH]c(=O)[nH]c(=O)c1S(=O)(=O)n1nc(Nc2ccccc2)cc1Nc1ccccc1. The molecule has 4 rings (SSSR count). The fourth-order valence-corrected chi connectivity index (χ4v) is 4.47. The predicted molar refractivity (Wildman–Crippen MR) is 117 cm³/mol. The predicted octanol–water partition coefficient (Wildman–Crippen LogP) is 2.29. The molecule has 0 saturated carbocycles. The van der Waals surface area contributed by atoms with Gasteiger partial charge in [0.1, 0.15) is 5.82 Å².